The topological polar surface area (TPSA) is 88.1 Å². The maximum absolute atomic E-state index is 12.9. The van der Waals surface area contributed by atoms with E-state index in [9.17, 15) is 18.0 Å². The predicted octanol–water partition coefficient (Wildman–Crippen LogP) is 8.24. The van der Waals surface area contributed by atoms with Crippen LogP contribution in [0.15, 0.2) is 97.3 Å². The molecule has 0 saturated carbocycles. The van der Waals surface area contributed by atoms with E-state index in [1.807, 2.05) is 61.5 Å². The summed E-state index contributed by atoms with van der Waals surface area (Å²) in [5, 5.41) is 17.0. The molecule has 0 spiro atoms. The zero-order valence-electron chi connectivity index (χ0n) is 21.8. The number of carboxylic acid groups (broad SMARTS) is 1. The summed E-state index contributed by atoms with van der Waals surface area (Å²) in [6.07, 6.45) is 1.30. The maximum atomic E-state index is 12.9. The fourth-order valence-electron chi connectivity index (χ4n) is 4.54. The zero-order valence-corrected chi connectivity index (χ0v) is 21.8. The number of rotatable bonds is 8. The largest absolute Gasteiger partial charge is 0.478 e. The predicted molar refractivity (Wildman–Crippen MR) is 151 cm³/mol. The average Bonchev–Trinajstić information content (AvgIpc) is 3.43. The van der Waals surface area contributed by atoms with Crippen LogP contribution in [0.1, 0.15) is 41.2 Å². The molecule has 5 rings (SSSR count). The molecular formula is C32H24F3N3O3. The second kappa shape index (κ2) is 11.5. The van der Waals surface area contributed by atoms with Gasteiger partial charge < -0.3 is 9.84 Å². The standard InChI is InChI=1S/C32H24F3N3O3/c1-2-27(22-4-3-5-26(17-22)41-29-14-12-25(19-36-29)32(33,34)35)31(23-11-13-28-24(16-23)18-37-38-28)21-9-6-20(7-10-21)8-15-30(39)40/h3-19H,2H2,1H3,(H,37,38)(H,39,40). The first-order valence-electron chi connectivity index (χ1n) is 12.7. The normalized spacial score (nSPS) is 12.5. The molecule has 2 heterocycles. The number of fused-ring (bicyclic) bond motifs is 1. The fraction of sp³-hybridized carbons (Fsp3) is 0.0938. The second-order valence-corrected chi connectivity index (χ2v) is 9.19. The molecule has 0 radical (unpaired) electrons. The second-order valence-electron chi connectivity index (χ2n) is 9.19. The average molecular weight is 556 g/mol. The van der Waals surface area contributed by atoms with E-state index >= 15 is 0 Å². The Morgan fingerprint density at radius 3 is 2.41 bits per heavy atom. The van der Waals surface area contributed by atoms with Gasteiger partial charge in [0.2, 0.25) is 5.88 Å². The zero-order chi connectivity index (χ0) is 29.0. The number of pyridine rings is 1. The monoisotopic (exact) mass is 555 g/mol. The minimum Gasteiger partial charge on any atom is -0.478 e. The highest BCUT2D eigenvalue weighted by molar-refractivity contribution is 6.00. The summed E-state index contributed by atoms with van der Waals surface area (Å²) in [4.78, 5) is 14.8. The molecule has 0 aliphatic heterocycles. The molecule has 0 aliphatic carbocycles. The van der Waals surface area contributed by atoms with E-state index in [0.29, 0.717) is 12.2 Å². The van der Waals surface area contributed by atoms with Crippen LogP contribution in [-0.4, -0.2) is 26.3 Å². The van der Waals surface area contributed by atoms with Crippen LogP contribution in [0.5, 0.6) is 11.6 Å². The van der Waals surface area contributed by atoms with Crippen molar-refractivity contribution in [2.75, 3.05) is 0 Å². The van der Waals surface area contributed by atoms with Crippen molar-refractivity contribution < 1.29 is 27.8 Å². The lowest BCUT2D eigenvalue weighted by molar-refractivity contribution is -0.138. The van der Waals surface area contributed by atoms with E-state index in [1.165, 1.54) is 12.1 Å². The van der Waals surface area contributed by atoms with Crippen molar-refractivity contribution in [3.63, 3.8) is 0 Å². The highest BCUT2D eigenvalue weighted by Gasteiger charge is 2.30. The molecule has 3 aromatic carbocycles. The Labute approximate surface area is 233 Å². The maximum Gasteiger partial charge on any atom is 0.417 e. The van der Waals surface area contributed by atoms with Gasteiger partial charge in [0.1, 0.15) is 5.75 Å². The fourth-order valence-corrected chi connectivity index (χ4v) is 4.54. The molecule has 0 aliphatic rings. The van der Waals surface area contributed by atoms with Crippen LogP contribution in [0.4, 0.5) is 13.2 Å². The summed E-state index contributed by atoms with van der Waals surface area (Å²) >= 11 is 0. The van der Waals surface area contributed by atoms with E-state index in [4.69, 9.17) is 9.84 Å². The van der Waals surface area contributed by atoms with Gasteiger partial charge in [-0.1, -0.05) is 49.4 Å². The number of allylic oxidation sites excluding steroid dienone is 1. The van der Waals surface area contributed by atoms with Gasteiger partial charge in [0.15, 0.2) is 0 Å². The number of alkyl halides is 3. The summed E-state index contributed by atoms with van der Waals surface area (Å²) in [5.41, 5.74) is 5.53. The quantitative estimate of drug-likeness (QED) is 0.149. The number of hydrogen-bond acceptors (Lipinski definition) is 4. The van der Waals surface area contributed by atoms with E-state index in [0.717, 1.165) is 62.6 Å². The Morgan fingerprint density at radius 1 is 0.951 bits per heavy atom. The van der Waals surface area contributed by atoms with Crippen LogP contribution in [0.25, 0.3) is 28.1 Å². The summed E-state index contributed by atoms with van der Waals surface area (Å²) in [6.45, 7) is 2.04. The number of hydrogen-bond donors (Lipinski definition) is 2. The highest BCUT2D eigenvalue weighted by Crippen LogP contribution is 2.37. The molecule has 5 aromatic rings. The molecule has 6 nitrogen and oxygen atoms in total. The third kappa shape index (κ3) is 6.36. The Kier molecular flexibility index (Phi) is 7.69. The van der Waals surface area contributed by atoms with Gasteiger partial charge in [-0.25, -0.2) is 9.78 Å². The van der Waals surface area contributed by atoms with Crippen LogP contribution >= 0.6 is 0 Å². The molecule has 0 unspecified atom stereocenters. The van der Waals surface area contributed by atoms with E-state index < -0.39 is 17.7 Å². The van der Waals surface area contributed by atoms with Crippen molar-refractivity contribution in [2.24, 2.45) is 0 Å². The Hall–Kier alpha value is -5.18. The molecule has 206 valence electrons. The van der Waals surface area contributed by atoms with Gasteiger partial charge >= 0.3 is 12.1 Å². The van der Waals surface area contributed by atoms with E-state index in [-0.39, 0.29) is 5.88 Å². The molecule has 0 amide bonds. The Bertz CT molecular complexity index is 1750. The van der Waals surface area contributed by atoms with Gasteiger partial charge in [-0.2, -0.15) is 18.3 Å². The number of benzene rings is 3. The molecule has 2 N–H and O–H groups in total. The first kappa shape index (κ1) is 27.4. The number of carbonyl (C=O) groups is 1. The molecule has 0 bridgehead atoms. The summed E-state index contributed by atoms with van der Waals surface area (Å²) in [5.74, 6) is -0.544. The summed E-state index contributed by atoms with van der Waals surface area (Å²) in [6, 6.07) is 23.1. The van der Waals surface area contributed by atoms with Gasteiger partial charge in [0.25, 0.3) is 0 Å². The first-order chi connectivity index (χ1) is 19.7. The molecule has 41 heavy (non-hydrogen) atoms. The van der Waals surface area contributed by atoms with Gasteiger partial charge in [0.05, 0.1) is 17.3 Å². The van der Waals surface area contributed by atoms with Crippen LogP contribution in [0, 0.1) is 0 Å². The number of aliphatic carboxylic acids is 1. The van der Waals surface area contributed by atoms with Crippen LogP contribution in [0.3, 0.4) is 0 Å². The van der Waals surface area contributed by atoms with Crippen LogP contribution in [-0.2, 0) is 11.0 Å². The third-order valence-electron chi connectivity index (χ3n) is 6.47. The van der Waals surface area contributed by atoms with Gasteiger partial charge in [-0.05, 0) is 76.2 Å². The molecular weight excluding hydrogens is 531 g/mol. The van der Waals surface area contributed by atoms with Gasteiger partial charge in [-0.15, -0.1) is 0 Å². The number of halogens is 3. The smallest absolute Gasteiger partial charge is 0.417 e. The van der Waals surface area contributed by atoms with Crippen molar-refractivity contribution in [1.29, 1.82) is 0 Å². The number of aromatic amines is 1. The number of aromatic nitrogens is 3. The Balaban J connectivity index is 1.58. The van der Waals surface area contributed by atoms with Crippen molar-refractivity contribution in [2.45, 2.75) is 19.5 Å². The van der Waals surface area contributed by atoms with Crippen LogP contribution < -0.4 is 4.74 Å². The third-order valence-corrected chi connectivity index (χ3v) is 6.47. The number of nitrogens with zero attached hydrogens (tertiary/aromatic N) is 2. The van der Waals surface area contributed by atoms with E-state index in [2.05, 4.69) is 21.2 Å². The van der Waals surface area contributed by atoms with Crippen molar-refractivity contribution >= 4 is 34.1 Å². The lowest BCUT2D eigenvalue weighted by Gasteiger charge is -2.17. The highest BCUT2D eigenvalue weighted by atomic mass is 19.4. The lowest BCUT2D eigenvalue weighted by Crippen LogP contribution is -2.05. The summed E-state index contributed by atoms with van der Waals surface area (Å²) in [7, 11) is 0. The number of nitrogens with one attached hydrogen (secondary N) is 1. The number of H-pyrrole nitrogens is 1. The molecule has 2 aromatic heterocycles. The van der Waals surface area contributed by atoms with Crippen molar-refractivity contribution in [3.8, 4) is 11.6 Å². The SMILES string of the molecule is CCC(=C(c1ccc(C=CC(=O)O)cc1)c1ccc2[nH]ncc2c1)c1cccc(Oc2ccc(C(F)(F)F)cn2)c1. The summed E-state index contributed by atoms with van der Waals surface area (Å²) < 4.78 is 44.6. The van der Waals surface area contributed by atoms with Crippen molar-refractivity contribution in [1.82, 2.24) is 15.2 Å². The molecule has 0 saturated heterocycles. The van der Waals surface area contributed by atoms with Gasteiger partial charge in [0, 0.05) is 23.7 Å². The number of carboxylic acids is 1. The first-order valence-corrected chi connectivity index (χ1v) is 12.7. The lowest BCUT2D eigenvalue weighted by atomic mass is 9.87. The number of ether oxygens (including phenoxy) is 1. The van der Waals surface area contributed by atoms with Crippen molar-refractivity contribution in [3.05, 3.63) is 125 Å². The van der Waals surface area contributed by atoms with E-state index in [1.54, 1.807) is 12.3 Å². The van der Waals surface area contributed by atoms with Gasteiger partial charge in [-0.3, -0.25) is 5.10 Å². The minimum absolute atomic E-state index is 0.0489. The van der Waals surface area contributed by atoms with Crippen LogP contribution in [0.2, 0.25) is 0 Å². The molecule has 9 heteroatoms. The minimum atomic E-state index is -4.48. The Morgan fingerprint density at radius 2 is 1.73 bits per heavy atom. The molecule has 0 fully saturated rings. The molecule has 0 atom stereocenters.